The lowest BCUT2D eigenvalue weighted by Gasteiger charge is -2.37. The molecule has 0 spiro atoms. The summed E-state index contributed by atoms with van der Waals surface area (Å²) in [5.74, 6) is -0.111. The van der Waals surface area contributed by atoms with Crippen molar-refractivity contribution in [2.75, 3.05) is 31.5 Å². The molecule has 1 aromatic carbocycles. The van der Waals surface area contributed by atoms with Crippen LogP contribution in [0.3, 0.4) is 0 Å². The van der Waals surface area contributed by atoms with Crippen LogP contribution in [0.25, 0.3) is 5.57 Å². The van der Waals surface area contributed by atoms with Crippen LogP contribution >= 0.6 is 0 Å². The van der Waals surface area contributed by atoms with E-state index in [-0.39, 0.29) is 11.5 Å². The summed E-state index contributed by atoms with van der Waals surface area (Å²) < 4.78 is 0. The Morgan fingerprint density at radius 1 is 1.25 bits per heavy atom. The number of rotatable bonds is 4. The monoisotopic (exact) mass is 430 g/mol. The smallest absolute Gasteiger partial charge is 0.258 e. The SMILES string of the molecule is Cc1cc(C#N)ccc1C(=CN)C(=O)Nc1ccc(C(=O)N2CCN3CCCC3C2)cn1. The predicted octanol–water partition coefficient (Wildman–Crippen LogP) is 2.12. The second kappa shape index (κ2) is 9.20. The average Bonchev–Trinajstić information content (AvgIpc) is 3.28. The van der Waals surface area contributed by atoms with Crippen LogP contribution in [0.1, 0.15) is 39.9 Å². The molecule has 2 aliphatic rings. The third-order valence-electron chi connectivity index (χ3n) is 6.18. The Balaban J connectivity index is 1.42. The number of hydrogen-bond acceptors (Lipinski definition) is 6. The first-order chi connectivity index (χ1) is 15.5. The van der Waals surface area contributed by atoms with Gasteiger partial charge in [0.1, 0.15) is 5.82 Å². The highest BCUT2D eigenvalue weighted by molar-refractivity contribution is 6.25. The number of piperazine rings is 1. The highest BCUT2D eigenvalue weighted by Crippen LogP contribution is 2.23. The van der Waals surface area contributed by atoms with Gasteiger partial charge in [0.05, 0.1) is 22.8 Å². The molecule has 0 bridgehead atoms. The molecule has 0 aliphatic carbocycles. The highest BCUT2D eigenvalue weighted by Gasteiger charge is 2.32. The van der Waals surface area contributed by atoms with Gasteiger partial charge in [0.25, 0.3) is 11.8 Å². The molecule has 2 aromatic rings. The lowest BCUT2D eigenvalue weighted by atomic mass is 9.98. The fourth-order valence-corrected chi connectivity index (χ4v) is 4.46. The van der Waals surface area contributed by atoms with Crippen LogP contribution in [0, 0.1) is 18.3 Å². The van der Waals surface area contributed by atoms with E-state index in [0.717, 1.165) is 38.2 Å². The molecule has 8 nitrogen and oxygen atoms in total. The van der Waals surface area contributed by atoms with Crippen molar-refractivity contribution in [1.29, 1.82) is 5.26 Å². The molecule has 2 amide bonds. The van der Waals surface area contributed by atoms with Gasteiger partial charge in [-0.05, 0) is 61.7 Å². The summed E-state index contributed by atoms with van der Waals surface area (Å²) in [7, 11) is 0. The zero-order valence-corrected chi connectivity index (χ0v) is 18.0. The number of aromatic nitrogens is 1. The maximum absolute atomic E-state index is 12.9. The summed E-state index contributed by atoms with van der Waals surface area (Å²) in [5.41, 5.74) is 8.43. The molecule has 4 rings (SSSR count). The number of nitriles is 1. The minimum Gasteiger partial charge on any atom is -0.404 e. The summed E-state index contributed by atoms with van der Waals surface area (Å²) in [5, 5.41) is 11.8. The summed E-state index contributed by atoms with van der Waals surface area (Å²) in [6.45, 7) is 5.34. The molecule has 2 aliphatic heterocycles. The number of carbonyl (C=O) groups is 2. The number of aryl methyl sites for hydroxylation is 1. The predicted molar refractivity (Wildman–Crippen MR) is 121 cm³/mol. The number of nitrogens with zero attached hydrogens (tertiary/aromatic N) is 4. The normalized spacial score (nSPS) is 18.7. The van der Waals surface area contributed by atoms with Crippen molar-refractivity contribution in [3.05, 3.63) is 65.0 Å². The van der Waals surface area contributed by atoms with Crippen LogP contribution in [0.5, 0.6) is 0 Å². The highest BCUT2D eigenvalue weighted by atomic mass is 16.2. The Labute approximate surface area is 187 Å². The van der Waals surface area contributed by atoms with Gasteiger partial charge in [-0.1, -0.05) is 6.07 Å². The van der Waals surface area contributed by atoms with Crippen molar-refractivity contribution >= 4 is 23.2 Å². The van der Waals surface area contributed by atoms with E-state index in [4.69, 9.17) is 11.0 Å². The van der Waals surface area contributed by atoms with Crippen molar-refractivity contribution in [2.45, 2.75) is 25.8 Å². The molecule has 164 valence electrons. The van der Waals surface area contributed by atoms with Gasteiger partial charge in [0.15, 0.2) is 0 Å². The number of nitrogens with one attached hydrogen (secondary N) is 1. The molecule has 2 fully saturated rings. The van der Waals surface area contributed by atoms with Crippen LogP contribution in [0.15, 0.2) is 42.7 Å². The lowest BCUT2D eigenvalue weighted by Crippen LogP contribution is -2.52. The summed E-state index contributed by atoms with van der Waals surface area (Å²) in [6, 6.07) is 10.9. The van der Waals surface area contributed by atoms with Crippen LogP contribution in [-0.2, 0) is 4.79 Å². The molecule has 3 N–H and O–H groups in total. The van der Waals surface area contributed by atoms with Crippen molar-refractivity contribution in [3.8, 4) is 6.07 Å². The zero-order chi connectivity index (χ0) is 22.7. The van der Waals surface area contributed by atoms with Crippen molar-refractivity contribution in [2.24, 2.45) is 5.73 Å². The van der Waals surface area contributed by atoms with Gasteiger partial charge in [-0.3, -0.25) is 14.5 Å². The van der Waals surface area contributed by atoms with E-state index in [9.17, 15) is 9.59 Å². The standard InChI is InChI=1S/C24H26N6O2/c1-16-11-17(12-25)4-6-20(16)21(13-26)23(31)28-22-7-5-18(14-27-22)24(32)30-10-9-29-8-2-3-19(29)15-30/h4-7,11,13-14,19H,2-3,8-10,15,26H2,1H3,(H,27,28,31). The van der Waals surface area contributed by atoms with Gasteiger partial charge in [-0.15, -0.1) is 0 Å². The van der Waals surface area contributed by atoms with Gasteiger partial charge >= 0.3 is 0 Å². The largest absolute Gasteiger partial charge is 0.404 e. The fraction of sp³-hybridized carbons (Fsp3) is 0.333. The molecular formula is C24H26N6O2. The quantitative estimate of drug-likeness (QED) is 0.718. The van der Waals surface area contributed by atoms with E-state index < -0.39 is 5.91 Å². The first-order valence-electron chi connectivity index (χ1n) is 10.7. The molecule has 2 saturated heterocycles. The van der Waals surface area contributed by atoms with Crippen molar-refractivity contribution in [1.82, 2.24) is 14.8 Å². The number of amides is 2. The Morgan fingerprint density at radius 2 is 2.09 bits per heavy atom. The molecule has 32 heavy (non-hydrogen) atoms. The van der Waals surface area contributed by atoms with Gasteiger partial charge in [-0.2, -0.15) is 5.26 Å². The van der Waals surface area contributed by atoms with E-state index >= 15 is 0 Å². The third kappa shape index (κ3) is 4.34. The number of carbonyl (C=O) groups excluding carboxylic acids is 2. The number of anilines is 1. The third-order valence-corrected chi connectivity index (χ3v) is 6.18. The zero-order valence-electron chi connectivity index (χ0n) is 18.0. The summed E-state index contributed by atoms with van der Waals surface area (Å²) >= 11 is 0. The number of fused-ring (bicyclic) bond motifs is 1. The number of nitrogens with two attached hydrogens (primary N) is 1. The van der Waals surface area contributed by atoms with E-state index in [1.165, 1.54) is 18.8 Å². The minimum absolute atomic E-state index is 0.0299. The second-order valence-corrected chi connectivity index (χ2v) is 8.19. The van der Waals surface area contributed by atoms with Crippen LogP contribution in [0.4, 0.5) is 5.82 Å². The second-order valence-electron chi connectivity index (χ2n) is 8.19. The maximum Gasteiger partial charge on any atom is 0.258 e. The summed E-state index contributed by atoms with van der Waals surface area (Å²) in [6.07, 6.45) is 5.08. The van der Waals surface area contributed by atoms with E-state index in [1.807, 2.05) is 11.8 Å². The average molecular weight is 431 g/mol. The minimum atomic E-state index is -0.413. The van der Waals surface area contributed by atoms with Crippen LogP contribution < -0.4 is 11.1 Å². The van der Waals surface area contributed by atoms with Crippen LogP contribution in [-0.4, -0.2) is 58.8 Å². The first kappa shape index (κ1) is 21.5. The lowest BCUT2D eigenvalue weighted by molar-refractivity contribution is -0.111. The molecule has 0 radical (unpaired) electrons. The topological polar surface area (TPSA) is 115 Å². The van der Waals surface area contributed by atoms with Gasteiger partial charge in [0, 0.05) is 38.1 Å². The first-order valence-corrected chi connectivity index (χ1v) is 10.7. The molecule has 0 saturated carbocycles. The van der Waals surface area contributed by atoms with Gasteiger partial charge in [-0.25, -0.2) is 4.98 Å². The Hall–Kier alpha value is -3.70. The van der Waals surface area contributed by atoms with Crippen LogP contribution in [0.2, 0.25) is 0 Å². The molecular weight excluding hydrogens is 404 g/mol. The fourth-order valence-electron chi connectivity index (χ4n) is 4.46. The number of benzene rings is 1. The summed E-state index contributed by atoms with van der Waals surface area (Å²) in [4.78, 5) is 34.3. The van der Waals surface area contributed by atoms with E-state index in [2.05, 4.69) is 21.3 Å². The van der Waals surface area contributed by atoms with Crippen molar-refractivity contribution < 1.29 is 9.59 Å². The molecule has 1 unspecified atom stereocenters. The van der Waals surface area contributed by atoms with E-state index in [0.29, 0.717) is 28.6 Å². The maximum atomic E-state index is 12.9. The molecule has 3 heterocycles. The molecule has 1 aromatic heterocycles. The number of pyridine rings is 1. The Morgan fingerprint density at radius 3 is 2.78 bits per heavy atom. The Bertz CT molecular complexity index is 1100. The van der Waals surface area contributed by atoms with Gasteiger partial charge < -0.3 is 16.0 Å². The molecule has 1 atom stereocenters. The Kier molecular flexibility index (Phi) is 6.19. The molecule has 8 heteroatoms. The van der Waals surface area contributed by atoms with Crippen molar-refractivity contribution in [3.63, 3.8) is 0 Å². The number of hydrogen-bond donors (Lipinski definition) is 2. The van der Waals surface area contributed by atoms with Gasteiger partial charge in [0.2, 0.25) is 0 Å². The van der Waals surface area contributed by atoms with E-state index in [1.54, 1.807) is 30.3 Å².